The second kappa shape index (κ2) is 11.4. The first-order valence-corrected chi connectivity index (χ1v) is 9.89. The number of rotatable bonds is 10. The molecular formula is C23H25N5O3. The summed E-state index contributed by atoms with van der Waals surface area (Å²) < 4.78 is 6.70. The molecule has 8 nitrogen and oxygen atoms in total. The summed E-state index contributed by atoms with van der Waals surface area (Å²) >= 11 is 0. The molecule has 3 rings (SSSR count). The Bertz CT molecular complexity index is 1020. The number of hydrogen-bond donors (Lipinski definition) is 2. The molecule has 0 atom stereocenters. The van der Waals surface area contributed by atoms with Crippen molar-refractivity contribution < 1.29 is 14.3 Å². The van der Waals surface area contributed by atoms with Crippen LogP contribution in [-0.2, 0) is 20.9 Å². The van der Waals surface area contributed by atoms with Gasteiger partial charge in [0.2, 0.25) is 11.8 Å². The van der Waals surface area contributed by atoms with E-state index in [1.165, 1.54) is 6.08 Å². The van der Waals surface area contributed by atoms with E-state index in [-0.39, 0.29) is 18.4 Å². The lowest BCUT2D eigenvalue weighted by molar-refractivity contribution is -0.124. The largest absolute Gasteiger partial charge is 0.383 e. The van der Waals surface area contributed by atoms with Gasteiger partial charge in [-0.05, 0) is 23.8 Å². The number of ether oxygens (including phenoxy) is 1. The van der Waals surface area contributed by atoms with Gasteiger partial charge >= 0.3 is 0 Å². The molecule has 0 unspecified atom stereocenters. The molecule has 0 saturated heterocycles. The highest BCUT2D eigenvalue weighted by molar-refractivity contribution is 5.95. The number of aromatic nitrogens is 3. The fourth-order valence-electron chi connectivity index (χ4n) is 2.88. The van der Waals surface area contributed by atoms with Crippen LogP contribution < -0.4 is 10.6 Å². The van der Waals surface area contributed by atoms with E-state index in [1.54, 1.807) is 25.6 Å². The van der Waals surface area contributed by atoms with Crippen molar-refractivity contribution in [1.29, 1.82) is 0 Å². The minimum atomic E-state index is -0.366. The maximum Gasteiger partial charge on any atom is 0.244 e. The average Bonchev–Trinajstić information content (AvgIpc) is 3.20. The molecule has 0 spiro atoms. The van der Waals surface area contributed by atoms with Gasteiger partial charge in [-0.15, -0.1) is 0 Å². The maximum absolute atomic E-state index is 12.2. The molecule has 2 amide bonds. The number of methoxy groups -OCH3 is 1. The van der Waals surface area contributed by atoms with Gasteiger partial charge in [0.15, 0.2) is 0 Å². The Balaban J connectivity index is 1.70. The van der Waals surface area contributed by atoms with E-state index < -0.39 is 0 Å². The molecular weight excluding hydrogens is 394 g/mol. The molecule has 0 radical (unpaired) electrons. The summed E-state index contributed by atoms with van der Waals surface area (Å²) in [5.74, 6) is -0.639. The molecule has 2 aromatic heterocycles. The van der Waals surface area contributed by atoms with Crippen molar-refractivity contribution >= 4 is 17.9 Å². The molecule has 0 aliphatic heterocycles. The first kappa shape index (κ1) is 21.9. The van der Waals surface area contributed by atoms with Crippen LogP contribution in [-0.4, -0.2) is 53.4 Å². The number of carbonyl (C=O) groups is 2. The van der Waals surface area contributed by atoms with Crippen molar-refractivity contribution in [2.45, 2.75) is 6.54 Å². The van der Waals surface area contributed by atoms with Crippen LogP contribution >= 0.6 is 0 Å². The Morgan fingerprint density at radius 1 is 1.13 bits per heavy atom. The molecule has 1 aromatic carbocycles. The highest BCUT2D eigenvalue weighted by atomic mass is 16.5. The molecule has 8 heteroatoms. The van der Waals surface area contributed by atoms with Crippen LogP contribution in [0.1, 0.15) is 11.1 Å². The van der Waals surface area contributed by atoms with Crippen LogP contribution in [0, 0.1) is 0 Å². The topological polar surface area (TPSA) is 98.1 Å². The third-order valence-corrected chi connectivity index (χ3v) is 4.38. The van der Waals surface area contributed by atoms with Crippen LogP contribution in [0.5, 0.6) is 0 Å². The van der Waals surface area contributed by atoms with Crippen molar-refractivity contribution in [3.05, 3.63) is 78.3 Å². The summed E-state index contributed by atoms with van der Waals surface area (Å²) in [7, 11) is 1.56. The van der Waals surface area contributed by atoms with Gasteiger partial charge in [0.1, 0.15) is 5.69 Å². The predicted octanol–water partition coefficient (Wildman–Crippen LogP) is 1.89. The van der Waals surface area contributed by atoms with E-state index in [0.717, 1.165) is 22.4 Å². The lowest BCUT2D eigenvalue weighted by atomic mass is 10.1. The van der Waals surface area contributed by atoms with Gasteiger partial charge in [-0.1, -0.05) is 30.3 Å². The Hall–Kier alpha value is -3.78. The van der Waals surface area contributed by atoms with E-state index in [4.69, 9.17) is 4.74 Å². The molecule has 0 saturated carbocycles. The lowest BCUT2D eigenvalue weighted by Crippen LogP contribution is -2.37. The number of benzene rings is 1. The molecule has 0 aliphatic rings. The maximum atomic E-state index is 12.2. The molecule has 0 fully saturated rings. The quantitative estimate of drug-likeness (QED) is 0.386. The Labute approximate surface area is 181 Å². The molecule has 3 aromatic rings. The third-order valence-electron chi connectivity index (χ3n) is 4.38. The van der Waals surface area contributed by atoms with Crippen LogP contribution in [0.3, 0.4) is 0 Å². The fourth-order valence-corrected chi connectivity index (χ4v) is 2.88. The van der Waals surface area contributed by atoms with Gasteiger partial charge in [0, 0.05) is 49.4 Å². The van der Waals surface area contributed by atoms with E-state index in [0.29, 0.717) is 19.7 Å². The van der Waals surface area contributed by atoms with Crippen molar-refractivity contribution in [2.75, 3.05) is 26.8 Å². The van der Waals surface area contributed by atoms with Gasteiger partial charge in [-0.3, -0.25) is 19.3 Å². The number of amides is 2. The summed E-state index contributed by atoms with van der Waals surface area (Å²) in [4.78, 5) is 28.0. The zero-order valence-electron chi connectivity index (χ0n) is 17.3. The smallest absolute Gasteiger partial charge is 0.244 e. The Morgan fingerprint density at radius 2 is 1.97 bits per heavy atom. The Morgan fingerprint density at radius 3 is 2.71 bits per heavy atom. The van der Waals surface area contributed by atoms with Gasteiger partial charge in [-0.2, -0.15) is 5.10 Å². The van der Waals surface area contributed by atoms with Crippen LogP contribution in [0.25, 0.3) is 17.3 Å². The fraction of sp³-hybridized carbons (Fsp3) is 0.217. The zero-order valence-corrected chi connectivity index (χ0v) is 17.3. The molecule has 31 heavy (non-hydrogen) atoms. The number of hydrogen-bond acceptors (Lipinski definition) is 5. The van der Waals surface area contributed by atoms with Crippen molar-refractivity contribution in [2.24, 2.45) is 0 Å². The second-order valence-electron chi connectivity index (χ2n) is 6.75. The normalized spacial score (nSPS) is 10.9. The number of nitrogens with one attached hydrogen (secondary N) is 2. The van der Waals surface area contributed by atoms with E-state index in [1.807, 2.05) is 53.3 Å². The second-order valence-corrected chi connectivity index (χ2v) is 6.75. The molecule has 2 heterocycles. The minimum absolute atomic E-state index is 0.102. The molecule has 160 valence electrons. The first-order chi connectivity index (χ1) is 15.2. The average molecular weight is 419 g/mol. The number of pyridine rings is 1. The van der Waals surface area contributed by atoms with Crippen molar-refractivity contribution in [3.63, 3.8) is 0 Å². The number of nitrogens with zero attached hydrogens (tertiary/aromatic N) is 3. The summed E-state index contributed by atoms with van der Waals surface area (Å²) in [6.07, 6.45) is 8.40. The zero-order chi connectivity index (χ0) is 21.9. The SMILES string of the molecule is COCCNC(=O)CNC(=O)/C=C/c1cn(Cc2ccccc2)nc1-c1cccnc1. The summed E-state index contributed by atoms with van der Waals surface area (Å²) in [6, 6.07) is 13.8. The van der Waals surface area contributed by atoms with Gasteiger partial charge in [-0.25, -0.2) is 0 Å². The van der Waals surface area contributed by atoms with E-state index in [9.17, 15) is 9.59 Å². The minimum Gasteiger partial charge on any atom is -0.383 e. The predicted molar refractivity (Wildman–Crippen MR) is 118 cm³/mol. The van der Waals surface area contributed by atoms with Gasteiger partial charge in [0.05, 0.1) is 19.7 Å². The summed E-state index contributed by atoms with van der Waals surface area (Å²) in [6.45, 7) is 1.32. The highest BCUT2D eigenvalue weighted by Crippen LogP contribution is 2.22. The molecule has 0 bridgehead atoms. The number of carbonyl (C=O) groups excluding carboxylic acids is 2. The summed E-state index contributed by atoms with van der Waals surface area (Å²) in [5, 5.41) is 9.90. The van der Waals surface area contributed by atoms with Crippen LogP contribution in [0.2, 0.25) is 0 Å². The standard InChI is InChI=1S/C23H25N5O3/c1-31-13-12-25-22(30)15-26-21(29)10-9-20-17-28(16-18-6-3-2-4-7-18)27-23(20)19-8-5-11-24-14-19/h2-11,14,17H,12-13,15-16H2,1H3,(H,25,30)(H,26,29)/b10-9+. The van der Waals surface area contributed by atoms with E-state index >= 15 is 0 Å². The van der Waals surface area contributed by atoms with Gasteiger partial charge < -0.3 is 15.4 Å². The highest BCUT2D eigenvalue weighted by Gasteiger charge is 2.11. The molecule has 2 N–H and O–H groups in total. The van der Waals surface area contributed by atoms with E-state index in [2.05, 4.69) is 20.7 Å². The Kier molecular flexibility index (Phi) is 8.07. The lowest BCUT2D eigenvalue weighted by Gasteiger charge is -2.04. The summed E-state index contributed by atoms with van der Waals surface area (Å²) in [5.41, 5.74) is 3.48. The van der Waals surface area contributed by atoms with Crippen molar-refractivity contribution in [3.8, 4) is 11.3 Å². The third kappa shape index (κ3) is 6.90. The first-order valence-electron chi connectivity index (χ1n) is 9.89. The van der Waals surface area contributed by atoms with Gasteiger partial charge in [0.25, 0.3) is 0 Å². The van der Waals surface area contributed by atoms with Crippen LogP contribution in [0.4, 0.5) is 0 Å². The molecule has 0 aliphatic carbocycles. The van der Waals surface area contributed by atoms with Crippen molar-refractivity contribution in [1.82, 2.24) is 25.4 Å². The van der Waals surface area contributed by atoms with Crippen LogP contribution in [0.15, 0.2) is 67.1 Å². The monoisotopic (exact) mass is 419 g/mol.